The molecule has 0 saturated carbocycles. The van der Waals surface area contributed by atoms with Gasteiger partial charge in [0, 0.05) is 6.42 Å². The molecule has 0 aromatic rings. The summed E-state index contributed by atoms with van der Waals surface area (Å²) in [6.45, 7) is 5.60. The Morgan fingerprint density at radius 3 is 1.46 bits per heavy atom. The highest BCUT2D eigenvalue weighted by Crippen LogP contribution is 2.26. The van der Waals surface area contributed by atoms with Gasteiger partial charge >= 0.3 is 5.97 Å². The minimum absolute atomic E-state index is 0.114. The second-order valence-electron chi connectivity index (χ2n) is 22.6. The molecule has 11 heteroatoms. The molecule has 8 atom stereocenters. The van der Waals surface area contributed by atoms with Crippen molar-refractivity contribution in [2.24, 2.45) is 0 Å². The standard InChI is InChI=1S/C70H121NO10/c1-4-7-10-13-16-19-22-25-27-28-29-30-31-32-33-34-35-36-37-40-43-46-49-52-55-58-65(75)81-68-67(77)66(76)64(59-72)80-70(68)79-60-61(62(73)56-53-50-47-44-41-38-24-21-18-15-12-9-6-3)71-69(78)63(74)57-54-51-48-45-42-39-26-23-20-17-14-11-8-5-2/h8,11,14,16-17,19-20,23,25-27,39,42,45,53,56,61-64,66-68,70,72-74,76-77H,4-7,9-10,12-13,15,18,21-22,24,28-38,40-41,43-44,46-52,54-55,57-60H2,1-3H3,(H,71,78)/b11-8+,17-14+,19-16-,23-20-,27-25-,39-26-,45-42+,56-53+. The van der Waals surface area contributed by atoms with Crippen LogP contribution in [0.1, 0.15) is 271 Å². The van der Waals surface area contributed by atoms with Gasteiger partial charge < -0.3 is 45.1 Å². The fraction of sp³-hybridized carbons (Fsp3) is 0.743. The Hall–Kier alpha value is -3.42. The van der Waals surface area contributed by atoms with Gasteiger partial charge in [-0.2, -0.15) is 0 Å². The summed E-state index contributed by atoms with van der Waals surface area (Å²) >= 11 is 0. The highest BCUT2D eigenvalue weighted by molar-refractivity contribution is 5.80. The van der Waals surface area contributed by atoms with Crippen molar-refractivity contribution in [1.29, 1.82) is 0 Å². The SMILES string of the molecule is CC/C=C/C=C/C=C\C=C/C=C/CCCCC(O)C(=O)NC(COC1OC(CO)C(O)C(O)C1OC(=O)CCCCCCCCCCCCCCCCC/C=C\C/C=C\CCCCC)C(O)/C=C/CCCCCCCCCCCCC. The molecule has 1 aliphatic heterocycles. The van der Waals surface area contributed by atoms with E-state index < -0.39 is 67.4 Å². The van der Waals surface area contributed by atoms with E-state index in [2.05, 4.69) is 56.5 Å². The van der Waals surface area contributed by atoms with Crippen molar-refractivity contribution in [3.8, 4) is 0 Å². The number of hydrogen-bond acceptors (Lipinski definition) is 10. The molecule has 0 aliphatic carbocycles. The Morgan fingerprint density at radius 1 is 0.506 bits per heavy atom. The van der Waals surface area contributed by atoms with Crippen molar-refractivity contribution in [2.45, 2.75) is 320 Å². The molecule has 466 valence electrons. The molecular weight excluding hydrogens is 1010 g/mol. The molecule has 6 N–H and O–H groups in total. The first-order valence-electron chi connectivity index (χ1n) is 33.1. The van der Waals surface area contributed by atoms with Crippen LogP contribution in [0.25, 0.3) is 0 Å². The zero-order valence-electron chi connectivity index (χ0n) is 51.6. The summed E-state index contributed by atoms with van der Waals surface area (Å²) in [5.74, 6) is -1.24. The van der Waals surface area contributed by atoms with Crippen LogP contribution in [-0.2, 0) is 23.8 Å². The lowest BCUT2D eigenvalue weighted by molar-refractivity contribution is -0.305. The van der Waals surface area contributed by atoms with Gasteiger partial charge in [-0.15, -0.1) is 0 Å². The van der Waals surface area contributed by atoms with Gasteiger partial charge in [-0.05, 0) is 77.0 Å². The fourth-order valence-corrected chi connectivity index (χ4v) is 9.88. The van der Waals surface area contributed by atoms with Crippen molar-refractivity contribution < 1.29 is 49.3 Å². The third-order valence-corrected chi connectivity index (χ3v) is 15.1. The number of esters is 1. The molecule has 8 unspecified atom stereocenters. The molecule has 81 heavy (non-hydrogen) atoms. The third-order valence-electron chi connectivity index (χ3n) is 15.1. The molecule has 1 fully saturated rings. The minimum Gasteiger partial charge on any atom is -0.454 e. The summed E-state index contributed by atoms with van der Waals surface area (Å²) in [5.41, 5.74) is 0. The van der Waals surface area contributed by atoms with E-state index >= 15 is 0 Å². The monoisotopic (exact) mass is 1140 g/mol. The number of ether oxygens (including phenoxy) is 3. The van der Waals surface area contributed by atoms with Gasteiger partial charge in [-0.3, -0.25) is 9.59 Å². The molecule has 1 saturated heterocycles. The van der Waals surface area contributed by atoms with Gasteiger partial charge in [-0.1, -0.05) is 285 Å². The number of nitrogens with one attached hydrogen (secondary N) is 1. The van der Waals surface area contributed by atoms with Crippen LogP contribution >= 0.6 is 0 Å². The van der Waals surface area contributed by atoms with Crippen LogP contribution in [0, 0.1) is 0 Å². The molecule has 1 heterocycles. The number of unbranched alkanes of at least 4 members (excludes halogenated alkanes) is 31. The number of allylic oxidation sites excluding steroid dienone is 15. The lowest BCUT2D eigenvalue weighted by atomic mass is 9.99. The quantitative estimate of drug-likeness (QED) is 0.0149. The Bertz CT molecular complexity index is 1690. The van der Waals surface area contributed by atoms with E-state index in [1.54, 1.807) is 6.08 Å². The first-order valence-corrected chi connectivity index (χ1v) is 33.1. The number of aliphatic hydroxyl groups is 5. The molecule has 0 spiro atoms. The minimum atomic E-state index is -1.63. The largest absolute Gasteiger partial charge is 0.454 e. The highest BCUT2D eigenvalue weighted by atomic mass is 16.7. The van der Waals surface area contributed by atoms with Crippen molar-refractivity contribution in [2.75, 3.05) is 13.2 Å². The average Bonchev–Trinajstić information content (AvgIpc) is 3.46. The second-order valence-corrected chi connectivity index (χ2v) is 22.6. The predicted octanol–water partition coefficient (Wildman–Crippen LogP) is 16.3. The van der Waals surface area contributed by atoms with Crippen LogP contribution in [0.5, 0.6) is 0 Å². The van der Waals surface area contributed by atoms with Gasteiger partial charge in [-0.25, -0.2) is 0 Å². The first-order chi connectivity index (χ1) is 39.7. The zero-order chi connectivity index (χ0) is 58.9. The molecule has 0 bridgehead atoms. The first kappa shape index (κ1) is 75.6. The highest BCUT2D eigenvalue weighted by Gasteiger charge is 2.47. The van der Waals surface area contributed by atoms with Crippen molar-refractivity contribution in [1.82, 2.24) is 5.32 Å². The maximum atomic E-state index is 13.4. The second kappa shape index (κ2) is 57.0. The normalized spacial score (nSPS) is 19.3. The maximum Gasteiger partial charge on any atom is 0.306 e. The van der Waals surface area contributed by atoms with E-state index in [0.717, 1.165) is 70.6 Å². The van der Waals surface area contributed by atoms with Crippen LogP contribution in [-0.4, -0.2) is 99.6 Å². The summed E-state index contributed by atoms with van der Waals surface area (Å²) in [6.07, 6.45) is 66.0. The summed E-state index contributed by atoms with van der Waals surface area (Å²) in [5, 5.41) is 57.0. The van der Waals surface area contributed by atoms with Crippen molar-refractivity contribution in [3.05, 3.63) is 97.2 Å². The van der Waals surface area contributed by atoms with Crippen molar-refractivity contribution in [3.63, 3.8) is 0 Å². The van der Waals surface area contributed by atoms with Crippen molar-refractivity contribution >= 4 is 11.9 Å². The molecule has 0 aromatic carbocycles. The van der Waals surface area contributed by atoms with E-state index in [4.69, 9.17) is 14.2 Å². The Kier molecular flexibility index (Phi) is 53.2. The molecule has 1 amide bonds. The number of rotatable bonds is 55. The van der Waals surface area contributed by atoms with E-state index in [1.807, 2.05) is 60.8 Å². The zero-order valence-corrected chi connectivity index (χ0v) is 51.6. The predicted molar refractivity (Wildman–Crippen MR) is 338 cm³/mol. The summed E-state index contributed by atoms with van der Waals surface area (Å²) < 4.78 is 17.6. The van der Waals surface area contributed by atoms with Crippen LogP contribution in [0.3, 0.4) is 0 Å². The van der Waals surface area contributed by atoms with Gasteiger partial charge in [0.25, 0.3) is 0 Å². The van der Waals surface area contributed by atoms with Crippen LogP contribution < -0.4 is 5.32 Å². The number of amides is 1. The van der Waals surface area contributed by atoms with Gasteiger partial charge in [0.2, 0.25) is 5.91 Å². The van der Waals surface area contributed by atoms with E-state index in [-0.39, 0.29) is 19.4 Å². The molecule has 1 aliphatic rings. The summed E-state index contributed by atoms with van der Waals surface area (Å²) in [7, 11) is 0. The number of aliphatic hydroxyl groups excluding tert-OH is 5. The van der Waals surface area contributed by atoms with Gasteiger partial charge in [0.15, 0.2) is 12.4 Å². The number of carbonyl (C=O) groups is 2. The van der Waals surface area contributed by atoms with Crippen LogP contribution in [0.4, 0.5) is 0 Å². The lowest BCUT2D eigenvalue weighted by Gasteiger charge is -2.41. The third kappa shape index (κ3) is 44.7. The Labute approximate surface area is 495 Å². The maximum absolute atomic E-state index is 13.4. The molecule has 0 radical (unpaired) electrons. The topological polar surface area (TPSA) is 175 Å². The molecule has 0 aromatic heterocycles. The molecular formula is C70H121NO10. The summed E-state index contributed by atoms with van der Waals surface area (Å²) in [4.78, 5) is 26.6. The molecule has 11 nitrogen and oxygen atoms in total. The van der Waals surface area contributed by atoms with Crippen LogP contribution in [0.2, 0.25) is 0 Å². The van der Waals surface area contributed by atoms with Gasteiger partial charge in [0.1, 0.15) is 24.4 Å². The van der Waals surface area contributed by atoms with E-state index in [9.17, 15) is 35.1 Å². The molecule has 1 rings (SSSR count). The number of carbonyl (C=O) groups excluding carboxylic acids is 2. The van der Waals surface area contributed by atoms with Crippen LogP contribution in [0.15, 0.2) is 97.2 Å². The fourth-order valence-electron chi connectivity index (χ4n) is 9.88. The van der Waals surface area contributed by atoms with Gasteiger partial charge in [0.05, 0.1) is 25.4 Å². The lowest BCUT2D eigenvalue weighted by Crippen LogP contribution is -2.61. The average molecular weight is 1140 g/mol. The summed E-state index contributed by atoms with van der Waals surface area (Å²) in [6, 6.07) is -1.05. The smallest absolute Gasteiger partial charge is 0.306 e. The number of hydrogen-bond donors (Lipinski definition) is 6. The Balaban J connectivity index is 2.61. The Morgan fingerprint density at radius 2 is 0.938 bits per heavy atom. The van der Waals surface area contributed by atoms with E-state index in [0.29, 0.717) is 12.8 Å². The van der Waals surface area contributed by atoms with E-state index in [1.165, 1.54) is 154 Å².